The van der Waals surface area contributed by atoms with Gasteiger partial charge in [-0.25, -0.2) is 4.79 Å². The number of esters is 1. The second-order valence-corrected chi connectivity index (χ2v) is 10.5. The Kier molecular flexibility index (Phi) is 12.9. The van der Waals surface area contributed by atoms with E-state index in [1.807, 2.05) is 24.3 Å². The molecule has 1 aliphatic heterocycles. The molecule has 0 spiro atoms. The Balaban J connectivity index is 0.00000462. The molecule has 1 aliphatic rings. The van der Waals surface area contributed by atoms with Gasteiger partial charge in [0.2, 0.25) is 0 Å². The summed E-state index contributed by atoms with van der Waals surface area (Å²) in [4.78, 5) is 40.5. The van der Waals surface area contributed by atoms with E-state index in [2.05, 4.69) is 31.7 Å². The third kappa shape index (κ3) is 9.72. The van der Waals surface area contributed by atoms with Gasteiger partial charge in [0, 0.05) is 26.6 Å². The number of ether oxygens (including phenoxy) is 2. The van der Waals surface area contributed by atoms with E-state index in [1.54, 1.807) is 4.57 Å². The van der Waals surface area contributed by atoms with Crippen LogP contribution in [0.5, 0.6) is 11.8 Å². The number of aryl methyl sites for hydroxylation is 1. The minimum atomic E-state index is -0.328. The Bertz CT molecular complexity index is 1290. The summed E-state index contributed by atoms with van der Waals surface area (Å²) in [7, 11) is 0. The highest BCUT2D eigenvalue weighted by molar-refractivity contribution is 5.85. The van der Waals surface area contributed by atoms with E-state index in [1.165, 1.54) is 39.3 Å². The maximum Gasteiger partial charge on any atom is 0.327 e. The zero-order valence-electron chi connectivity index (χ0n) is 24.3. The van der Waals surface area contributed by atoms with Crippen LogP contribution in [0.15, 0.2) is 29.1 Å². The number of carbonyl (C=O) groups excluding carboxylic acids is 1. The highest BCUT2D eigenvalue weighted by Crippen LogP contribution is 2.19. The molecule has 0 bridgehead atoms. The number of unbranched alkanes of at least 4 members (excludes halogenated alkanes) is 1. The minimum absolute atomic E-state index is 0. The maximum atomic E-state index is 12.8. The summed E-state index contributed by atoms with van der Waals surface area (Å²) in [6.07, 6.45) is 7.65. The maximum absolute atomic E-state index is 12.8. The van der Waals surface area contributed by atoms with Crippen LogP contribution in [0.3, 0.4) is 0 Å². The standard InChI is InChI=1S/C29H43N7O4.ClH/c1-3-4-20-39-28-32-26(30)25-27(33-28)36(29(38)31-25)19-9-18-35(17-8-16-34-14-6-5-7-15-34)21-23-10-12-24(13-11-23)40-22(2)37;/h10-13H,3-9,14-21H2,1-2H3,(H,31,38)(H2,30,32,33);1H. The number of benzene rings is 1. The quantitative estimate of drug-likeness (QED) is 0.153. The van der Waals surface area contributed by atoms with E-state index < -0.39 is 0 Å². The molecule has 0 radical (unpaired) electrons. The van der Waals surface area contributed by atoms with Crippen LogP contribution in [-0.4, -0.2) is 74.6 Å². The first-order valence-corrected chi connectivity index (χ1v) is 14.5. The second kappa shape index (κ2) is 16.3. The number of hydrogen-bond donors (Lipinski definition) is 2. The zero-order valence-corrected chi connectivity index (χ0v) is 25.1. The van der Waals surface area contributed by atoms with Crippen molar-refractivity contribution in [1.29, 1.82) is 0 Å². The van der Waals surface area contributed by atoms with Crippen LogP contribution in [0.25, 0.3) is 11.2 Å². The Morgan fingerprint density at radius 2 is 1.76 bits per heavy atom. The number of nitrogens with one attached hydrogen (secondary N) is 1. The van der Waals surface area contributed by atoms with Crippen molar-refractivity contribution in [2.24, 2.45) is 0 Å². The molecule has 3 N–H and O–H groups in total. The molecule has 0 unspecified atom stereocenters. The van der Waals surface area contributed by atoms with Gasteiger partial charge in [-0.15, -0.1) is 12.4 Å². The van der Waals surface area contributed by atoms with Gasteiger partial charge < -0.3 is 25.1 Å². The molecular weight excluding hydrogens is 546 g/mol. The summed E-state index contributed by atoms with van der Waals surface area (Å²) in [6.45, 7) is 10.5. The first-order chi connectivity index (χ1) is 19.4. The topological polar surface area (TPSA) is 132 Å². The number of anilines is 1. The summed E-state index contributed by atoms with van der Waals surface area (Å²) in [5.74, 6) is 0.432. The summed E-state index contributed by atoms with van der Waals surface area (Å²) in [5, 5.41) is 0. The number of carbonyl (C=O) groups is 1. The first kappa shape index (κ1) is 32.4. The lowest BCUT2D eigenvalue weighted by atomic mass is 10.1. The lowest BCUT2D eigenvalue weighted by Crippen LogP contribution is -2.34. The molecule has 0 atom stereocenters. The van der Waals surface area contributed by atoms with Crippen LogP contribution < -0.4 is 20.9 Å². The second-order valence-electron chi connectivity index (χ2n) is 10.5. The fraction of sp³-hybridized carbons (Fsp3) is 0.586. The van der Waals surface area contributed by atoms with E-state index >= 15 is 0 Å². The van der Waals surface area contributed by atoms with Crippen molar-refractivity contribution in [3.8, 4) is 11.8 Å². The fourth-order valence-corrected chi connectivity index (χ4v) is 5.12. The van der Waals surface area contributed by atoms with Crippen LogP contribution >= 0.6 is 12.4 Å². The van der Waals surface area contributed by atoms with Crippen molar-refractivity contribution in [1.82, 2.24) is 29.3 Å². The third-order valence-corrected chi connectivity index (χ3v) is 7.20. The Labute approximate surface area is 247 Å². The molecule has 3 heterocycles. The van der Waals surface area contributed by atoms with Gasteiger partial charge in [0.15, 0.2) is 11.5 Å². The monoisotopic (exact) mass is 589 g/mol. The fourth-order valence-electron chi connectivity index (χ4n) is 5.12. The Morgan fingerprint density at radius 1 is 1.05 bits per heavy atom. The summed E-state index contributed by atoms with van der Waals surface area (Å²) in [5.41, 5.74) is 7.92. The molecule has 0 amide bonds. The number of imidazole rings is 1. The SMILES string of the molecule is CCCCOc1nc(N)c2[nH]c(=O)n(CCCN(CCCN3CCCCC3)Cc3ccc(OC(C)=O)cc3)c2n1.Cl. The lowest BCUT2D eigenvalue weighted by molar-refractivity contribution is -0.131. The van der Waals surface area contributed by atoms with Gasteiger partial charge in [-0.3, -0.25) is 14.3 Å². The average molecular weight is 590 g/mol. The van der Waals surface area contributed by atoms with Crippen molar-refractivity contribution in [3.05, 3.63) is 40.3 Å². The highest BCUT2D eigenvalue weighted by atomic mass is 35.5. The third-order valence-electron chi connectivity index (χ3n) is 7.20. The van der Waals surface area contributed by atoms with Gasteiger partial charge in [0.25, 0.3) is 0 Å². The number of aromatic amines is 1. The molecule has 1 aromatic carbocycles. The molecule has 0 saturated carbocycles. The van der Waals surface area contributed by atoms with Crippen molar-refractivity contribution in [2.45, 2.75) is 71.9 Å². The van der Waals surface area contributed by atoms with E-state index in [-0.39, 0.29) is 35.9 Å². The predicted octanol–water partition coefficient (Wildman–Crippen LogP) is 4.00. The molecule has 1 saturated heterocycles. The zero-order chi connectivity index (χ0) is 28.3. The number of nitrogen functional groups attached to an aromatic ring is 1. The Morgan fingerprint density at radius 3 is 2.44 bits per heavy atom. The number of hydrogen-bond acceptors (Lipinski definition) is 9. The molecule has 4 rings (SSSR count). The van der Waals surface area contributed by atoms with E-state index in [4.69, 9.17) is 15.2 Å². The van der Waals surface area contributed by atoms with E-state index in [9.17, 15) is 9.59 Å². The van der Waals surface area contributed by atoms with E-state index in [0.717, 1.165) is 57.4 Å². The van der Waals surface area contributed by atoms with Gasteiger partial charge in [-0.1, -0.05) is 31.9 Å². The molecule has 2 aromatic heterocycles. The van der Waals surface area contributed by atoms with Crippen molar-refractivity contribution in [3.63, 3.8) is 0 Å². The number of fused-ring (bicyclic) bond motifs is 1. The van der Waals surface area contributed by atoms with Crippen LogP contribution in [0.4, 0.5) is 5.82 Å². The Hall–Kier alpha value is -3.15. The molecule has 3 aromatic rings. The van der Waals surface area contributed by atoms with E-state index in [0.29, 0.717) is 30.1 Å². The summed E-state index contributed by atoms with van der Waals surface area (Å²) >= 11 is 0. The van der Waals surface area contributed by atoms with Gasteiger partial charge in [-0.05, 0) is 76.0 Å². The molecule has 41 heavy (non-hydrogen) atoms. The number of halogens is 1. The van der Waals surface area contributed by atoms with Gasteiger partial charge in [0.05, 0.1) is 6.61 Å². The molecule has 12 heteroatoms. The van der Waals surface area contributed by atoms with Crippen LogP contribution in [0.1, 0.15) is 64.4 Å². The summed E-state index contributed by atoms with van der Waals surface area (Å²) in [6, 6.07) is 7.86. The van der Waals surface area contributed by atoms with Crippen LogP contribution in [0, 0.1) is 0 Å². The normalized spacial score (nSPS) is 13.8. The smallest absolute Gasteiger partial charge is 0.327 e. The van der Waals surface area contributed by atoms with Gasteiger partial charge >= 0.3 is 17.7 Å². The van der Waals surface area contributed by atoms with Gasteiger partial charge in [-0.2, -0.15) is 9.97 Å². The molecule has 0 aliphatic carbocycles. The number of nitrogens with zero attached hydrogens (tertiary/aromatic N) is 5. The number of aromatic nitrogens is 4. The number of rotatable bonds is 15. The molecule has 11 nitrogen and oxygen atoms in total. The molecular formula is C29H44ClN7O4. The van der Waals surface area contributed by atoms with Crippen molar-refractivity contribution >= 4 is 35.4 Å². The minimum Gasteiger partial charge on any atom is -0.463 e. The average Bonchev–Trinajstić information content (AvgIpc) is 3.25. The summed E-state index contributed by atoms with van der Waals surface area (Å²) < 4.78 is 12.5. The molecule has 1 fully saturated rings. The highest BCUT2D eigenvalue weighted by Gasteiger charge is 2.16. The number of likely N-dealkylation sites (tertiary alicyclic amines) is 1. The van der Waals surface area contributed by atoms with Crippen molar-refractivity contribution < 1.29 is 14.3 Å². The molecule has 226 valence electrons. The number of nitrogens with two attached hydrogens (primary N) is 1. The first-order valence-electron chi connectivity index (χ1n) is 14.5. The van der Waals surface area contributed by atoms with Crippen molar-refractivity contribution in [2.75, 3.05) is 45.1 Å². The predicted molar refractivity (Wildman–Crippen MR) is 163 cm³/mol. The van der Waals surface area contributed by atoms with Crippen LogP contribution in [-0.2, 0) is 17.9 Å². The largest absolute Gasteiger partial charge is 0.463 e. The van der Waals surface area contributed by atoms with Crippen LogP contribution in [0.2, 0.25) is 0 Å². The van der Waals surface area contributed by atoms with Gasteiger partial charge in [0.1, 0.15) is 11.3 Å². The number of piperidine rings is 1. The number of H-pyrrole nitrogens is 1. The lowest BCUT2D eigenvalue weighted by Gasteiger charge is -2.28.